The maximum atomic E-state index is 11.7. The van der Waals surface area contributed by atoms with Crippen molar-refractivity contribution >= 4 is 17.4 Å². The van der Waals surface area contributed by atoms with Gasteiger partial charge in [-0.15, -0.1) is 0 Å². The van der Waals surface area contributed by atoms with Gasteiger partial charge in [0.1, 0.15) is 0 Å². The summed E-state index contributed by atoms with van der Waals surface area (Å²) < 4.78 is 0. The molecule has 1 aromatic carbocycles. The highest BCUT2D eigenvalue weighted by Gasteiger charge is 2.10. The molecule has 7 heteroatoms. The number of amides is 2. The van der Waals surface area contributed by atoms with Crippen LogP contribution in [0.3, 0.4) is 0 Å². The highest BCUT2D eigenvalue weighted by Crippen LogP contribution is 2.15. The number of hydrogen-bond acceptors (Lipinski definition) is 4. The third-order valence-corrected chi connectivity index (χ3v) is 2.56. The number of nitro groups is 1. The van der Waals surface area contributed by atoms with Gasteiger partial charge in [0.25, 0.3) is 5.69 Å². The van der Waals surface area contributed by atoms with E-state index >= 15 is 0 Å². The number of carbonyl (C=O) groups excluding carboxylic acids is 1. The van der Waals surface area contributed by atoms with Crippen molar-refractivity contribution in [1.29, 1.82) is 0 Å². The Labute approximate surface area is 111 Å². The van der Waals surface area contributed by atoms with Crippen molar-refractivity contribution in [2.24, 2.45) is 0 Å². The van der Waals surface area contributed by atoms with Crippen LogP contribution in [0.5, 0.6) is 0 Å². The first-order valence-corrected chi connectivity index (χ1v) is 5.85. The maximum absolute atomic E-state index is 11.7. The zero-order valence-corrected chi connectivity index (χ0v) is 10.9. The molecule has 1 rings (SSSR count). The summed E-state index contributed by atoms with van der Waals surface area (Å²) in [6.07, 6.45) is 0.0269. The summed E-state index contributed by atoms with van der Waals surface area (Å²) in [7, 11) is 1.61. The van der Waals surface area contributed by atoms with Crippen LogP contribution >= 0.6 is 0 Å². The number of carbonyl (C=O) groups is 1. The Morgan fingerprint density at radius 1 is 1.47 bits per heavy atom. The molecule has 0 bridgehead atoms. The Hall–Kier alpha value is -2.15. The minimum Gasteiger partial charge on any atom is -0.393 e. The highest BCUT2D eigenvalue weighted by molar-refractivity contribution is 5.89. The fraction of sp³-hybridized carbons (Fsp3) is 0.417. The average molecular weight is 267 g/mol. The first kappa shape index (κ1) is 14.9. The fourth-order valence-corrected chi connectivity index (χ4v) is 1.37. The van der Waals surface area contributed by atoms with Crippen molar-refractivity contribution in [3.63, 3.8) is 0 Å². The summed E-state index contributed by atoms with van der Waals surface area (Å²) in [6.45, 7) is 2.08. The number of anilines is 1. The van der Waals surface area contributed by atoms with E-state index in [2.05, 4.69) is 5.32 Å². The first-order chi connectivity index (χ1) is 8.90. The van der Waals surface area contributed by atoms with Crippen LogP contribution in [0, 0.1) is 10.1 Å². The van der Waals surface area contributed by atoms with E-state index in [4.69, 9.17) is 5.11 Å². The summed E-state index contributed by atoms with van der Waals surface area (Å²) in [4.78, 5) is 23.2. The number of aliphatic hydroxyl groups is 1. The summed E-state index contributed by atoms with van der Waals surface area (Å²) in [5, 5.41) is 22.2. The molecule has 1 unspecified atom stereocenters. The number of rotatable bonds is 5. The van der Waals surface area contributed by atoms with Gasteiger partial charge in [-0.1, -0.05) is 0 Å². The number of hydrogen-bond donors (Lipinski definition) is 2. The molecule has 0 spiro atoms. The van der Waals surface area contributed by atoms with E-state index in [9.17, 15) is 14.9 Å². The number of aliphatic hydroxyl groups excluding tert-OH is 1. The fourth-order valence-electron chi connectivity index (χ4n) is 1.37. The van der Waals surface area contributed by atoms with Gasteiger partial charge >= 0.3 is 6.03 Å². The van der Waals surface area contributed by atoms with E-state index in [1.54, 1.807) is 14.0 Å². The lowest BCUT2D eigenvalue weighted by Crippen LogP contribution is -2.33. The van der Waals surface area contributed by atoms with E-state index in [1.165, 1.54) is 29.2 Å². The second-order valence-electron chi connectivity index (χ2n) is 4.29. The van der Waals surface area contributed by atoms with Crippen LogP contribution in [0.2, 0.25) is 0 Å². The molecule has 104 valence electrons. The van der Waals surface area contributed by atoms with Gasteiger partial charge in [-0.3, -0.25) is 10.1 Å². The van der Waals surface area contributed by atoms with Crippen LogP contribution in [-0.4, -0.2) is 40.7 Å². The highest BCUT2D eigenvalue weighted by atomic mass is 16.6. The minimum atomic E-state index is -0.500. The lowest BCUT2D eigenvalue weighted by molar-refractivity contribution is -0.384. The molecule has 1 atom stereocenters. The summed E-state index contributed by atoms with van der Waals surface area (Å²) in [5.74, 6) is 0. The van der Waals surface area contributed by atoms with Crippen LogP contribution in [-0.2, 0) is 0 Å². The second-order valence-corrected chi connectivity index (χ2v) is 4.29. The molecule has 0 radical (unpaired) electrons. The summed E-state index contributed by atoms with van der Waals surface area (Å²) >= 11 is 0. The van der Waals surface area contributed by atoms with E-state index in [0.717, 1.165) is 0 Å². The molecular formula is C12H17N3O4. The van der Waals surface area contributed by atoms with Gasteiger partial charge in [-0.05, 0) is 25.5 Å². The smallest absolute Gasteiger partial charge is 0.321 e. The van der Waals surface area contributed by atoms with Gasteiger partial charge in [0.05, 0.1) is 11.0 Å². The van der Waals surface area contributed by atoms with Crippen molar-refractivity contribution in [3.8, 4) is 0 Å². The normalized spacial score (nSPS) is 11.7. The van der Waals surface area contributed by atoms with Crippen molar-refractivity contribution in [1.82, 2.24) is 4.90 Å². The number of nitro benzene ring substituents is 1. The Morgan fingerprint density at radius 2 is 2.05 bits per heavy atom. The third-order valence-electron chi connectivity index (χ3n) is 2.56. The minimum absolute atomic E-state index is 0.0274. The molecule has 2 N–H and O–H groups in total. The quantitative estimate of drug-likeness (QED) is 0.628. The van der Waals surface area contributed by atoms with Crippen molar-refractivity contribution < 1.29 is 14.8 Å². The number of benzene rings is 1. The molecule has 0 fully saturated rings. The van der Waals surface area contributed by atoms with Crippen molar-refractivity contribution in [2.75, 3.05) is 18.9 Å². The molecule has 7 nitrogen and oxygen atoms in total. The standard InChI is InChI=1S/C12H17N3O4/c1-9(16)7-8-14(2)12(17)13-10-3-5-11(6-4-10)15(18)19/h3-6,9,16H,7-8H2,1-2H3,(H,13,17). The Kier molecular flexibility index (Phi) is 5.25. The van der Waals surface area contributed by atoms with Crippen LogP contribution in [0.15, 0.2) is 24.3 Å². The predicted molar refractivity (Wildman–Crippen MR) is 71.0 cm³/mol. The lowest BCUT2D eigenvalue weighted by atomic mass is 10.3. The third kappa shape index (κ3) is 4.92. The molecule has 0 aliphatic rings. The van der Waals surface area contributed by atoms with E-state index in [-0.39, 0.29) is 11.7 Å². The van der Waals surface area contributed by atoms with Crippen LogP contribution in [0.25, 0.3) is 0 Å². The Bertz CT molecular complexity index is 445. The largest absolute Gasteiger partial charge is 0.393 e. The van der Waals surface area contributed by atoms with Crippen LogP contribution in [0.4, 0.5) is 16.2 Å². The molecule has 1 aromatic rings. The lowest BCUT2D eigenvalue weighted by Gasteiger charge is -2.18. The van der Waals surface area contributed by atoms with Gasteiger partial charge in [0, 0.05) is 31.4 Å². The molecule has 0 saturated heterocycles. The number of non-ortho nitro benzene ring substituents is 1. The molecular weight excluding hydrogens is 250 g/mol. The topological polar surface area (TPSA) is 95.7 Å². The van der Waals surface area contributed by atoms with Crippen molar-refractivity contribution in [3.05, 3.63) is 34.4 Å². The second kappa shape index (κ2) is 6.69. The molecule has 0 heterocycles. The maximum Gasteiger partial charge on any atom is 0.321 e. The Morgan fingerprint density at radius 3 is 2.53 bits per heavy atom. The number of urea groups is 1. The molecule has 19 heavy (non-hydrogen) atoms. The average Bonchev–Trinajstić information content (AvgIpc) is 2.36. The van der Waals surface area contributed by atoms with Gasteiger partial charge in [0.15, 0.2) is 0 Å². The van der Waals surface area contributed by atoms with Gasteiger partial charge in [-0.25, -0.2) is 4.79 Å². The number of nitrogens with zero attached hydrogens (tertiary/aromatic N) is 2. The zero-order chi connectivity index (χ0) is 14.4. The predicted octanol–water partition coefficient (Wildman–Crippen LogP) is 1.83. The zero-order valence-electron chi connectivity index (χ0n) is 10.9. The van der Waals surface area contributed by atoms with E-state index < -0.39 is 11.0 Å². The molecule has 0 aliphatic heterocycles. The van der Waals surface area contributed by atoms with Crippen LogP contribution < -0.4 is 5.32 Å². The number of nitrogens with one attached hydrogen (secondary N) is 1. The Balaban J connectivity index is 2.54. The molecule has 0 aromatic heterocycles. The van der Waals surface area contributed by atoms with E-state index in [1.807, 2.05) is 0 Å². The molecule has 0 saturated carbocycles. The van der Waals surface area contributed by atoms with Gasteiger partial charge in [0.2, 0.25) is 0 Å². The summed E-state index contributed by atoms with van der Waals surface area (Å²) in [5.41, 5.74) is 0.458. The monoisotopic (exact) mass is 267 g/mol. The van der Waals surface area contributed by atoms with Crippen molar-refractivity contribution in [2.45, 2.75) is 19.4 Å². The SMILES string of the molecule is CC(O)CCN(C)C(=O)Nc1ccc([N+](=O)[O-])cc1. The summed E-state index contributed by atoms with van der Waals surface area (Å²) in [6, 6.07) is 5.27. The first-order valence-electron chi connectivity index (χ1n) is 5.85. The van der Waals surface area contributed by atoms with E-state index in [0.29, 0.717) is 18.7 Å². The van der Waals surface area contributed by atoms with Gasteiger partial charge in [-0.2, -0.15) is 0 Å². The molecule has 0 aliphatic carbocycles. The van der Waals surface area contributed by atoms with Crippen LogP contribution in [0.1, 0.15) is 13.3 Å². The molecule has 2 amide bonds. The van der Waals surface area contributed by atoms with Gasteiger partial charge < -0.3 is 15.3 Å².